The van der Waals surface area contributed by atoms with Crippen LogP contribution >= 0.6 is 0 Å². The lowest BCUT2D eigenvalue weighted by molar-refractivity contribution is -0.275. The molecule has 0 bridgehead atoms. The largest absolute Gasteiger partial charge is 0.390 e. The molecule has 3 fully saturated rings. The lowest BCUT2D eigenvalue weighted by Gasteiger charge is -2.36. The molecule has 5 unspecified atom stereocenters. The fourth-order valence-corrected chi connectivity index (χ4v) is 4.32. The third kappa shape index (κ3) is 6.38. The van der Waals surface area contributed by atoms with Crippen molar-refractivity contribution in [1.29, 1.82) is 0 Å². The van der Waals surface area contributed by atoms with Gasteiger partial charge in [0.1, 0.15) is 6.10 Å². The highest BCUT2D eigenvalue weighted by atomic mass is 16.7. The average Bonchev–Trinajstić information content (AvgIpc) is 3.32. The van der Waals surface area contributed by atoms with Crippen LogP contribution in [0.2, 0.25) is 0 Å². The highest BCUT2D eigenvalue weighted by molar-refractivity contribution is 5.04. The zero-order valence-electron chi connectivity index (χ0n) is 18.3. The zero-order valence-corrected chi connectivity index (χ0v) is 18.3. The molecule has 28 heavy (non-hydrogen) atoms. The number of rotatable bonds is 10. The van der Waals surface area contributed by atoms with Crippen molar-refractivity contribution in [3.05, 3.63) is 0 Å². The van der Waals surface area contributed by atoms with Crippen molar-refractivity contribution in [3.8, 4) is 0 Å². The Kier molecular flexibility index (Phi) is 7.43. The number of fused-ring (bicyclic) bond motifs is 1. The van der Waals surface area contributed by atoms with Crippen LogP contribution in [0.4, 0.5) is 0 Å². The van der Waals surface area contributed by atoms with Gasteiger partial charge in [0.25, 0.3) is 0 Å². The Labute approximate surface area is 170 Å². The third-order valence-corrected chi connectivity index (χ3v) is 6.53. The van der Waals surface area contributed by atoms with Gasteiger partial charge in [-0.3, -0.25) is 0 Å². The molecule has 5 atom stereocenters. The summed E-state index contributed by atoms with van der Waals surface area (Å²) in [5.74, 6) is 0.860. The van der Waals surface area contributed by atoms with Crippen LogP contribution in [0.3, 0.4) is 0 Å². The van der Waals surface area contributed by atoms with Crippen molar-refractivity contribution >= 4 is 0 Å². The number of hydrogen-bond acceptors (Lipinski definition) is 6. The molecule has 6 nitrogen and oxygen atoms in total. The fraction of sp³-hybridized carbons (Fsp3) is 1.00. The molecule has 0 aromatic rings. The summed E-state index contributed by atoms with van der Waals surface area (Å²) < 4.78 is 29.6. The Hall–Kier alpha value is -0.240. The Morgan fingerprint density at radius 2 is 1.96 bits per heavy atom. The van der Waals surface area contributed by atoms with E-state index < -0.39 is 5.60 Å². The van der Waals surface area contributed by atoms with Crippen LogP contribution in [0.15, 0.2) is 0 Å². The molecule has 0 spiro atoms. The first-order valence-corrected chi connectivity index (χ1v) is 11.1. The van der Waals surface area contributed by atoms with E-state index >= 15 is 0 Å². The molecule has 2 saturated heterocycles. The van der Waals surface area contributed by atoms with Crippen LogP contribution in [0.25, 0.3) is 0 Å². The maximum absolute atomic E-state index is 9.90. The summed E-state index contributed by atoms with van der Waals surface area (Å²) in [6.07, 6.45) is 5.89. The van der Waals surface area contributed by atoms with E-state index in [1.165, 1.54) is 0 Å². The maximum atomic E-state index is 9.90. The topological polar surface area (TPSA) is 69.7 Å². The van der Waals surface area contributed by atoms with E-state index in [0.717, 1.165) is 38.5 Å². The number of hydrogen-bond donors (Lipinski definition) is 1. The van der Waals surface area contributed by atoms with E-state index in [1.807, 2.05) is 20.8 Å². The van der Waals surface area contributed by atoms with Gasteiger partial charge in [0.2, 0.25) is 0 Å². The zero-order chi connectivity index (χ0) is 20.4. The number of aliphatic hydroxyl groups is 1. The summed E-state index contributed by atoms with van der Waals surface area (Å²) in [4.78, 5) is 0. The van der Waals surface area contributed by atoms with E-state index in [0.29, 0.717) is 37.8 Å². The molecule has 3 aliphatic rings. The molecule has 6 heteroatoms. The van der Waals surface area contributed by atoms with E-state index in [2.05, 4.69) is 13.8 Å². The second kappa shape index (κ2) is 9.27. The minimum absolute atomic E-state index is 0.0891. The predicted molar refractivity (Wildman–Crippen MR) is 106 cm³/mol. The monoisotopic (exact) mass is 400 g/mol. The Morgan fingerprint density at radius 3 is 2.57 bits per heavy atom. The van der Waals surface area contributed by atoms with Crippen molar-refractivity contribution in [2.45, 2.75) is 109 Å². The second-order valence-corrected chi connectivity index (χ2v) is 9.77. The molecule has 1 saturated carbocycles. The fourth-order valence-electron chi connectivity index (χ4n) is 4.32. The van der Waals surface area contributed by atoms with Gasteiger partial charge in [-0.05, 0) is 65.7 Å². The summed E-state index contributed by atoms with van der Waals surface area (Å²) in [7, 11) is 0. The van der Waals surface area contributed by atoms with E-state index in [4.69, 9.17) is 23.7 Å². The minimum Gasteiger partial charge on any atom is -0.390 e. The molecule has 2 aliphatic heterocycles. The molecule has 1 N–H and O–H groups in total. The highest BCUT2D eigenvalue weighted by Crippen LogP contribution is 2.50. The Balaban J connectivity index is 1.30. The first-order valence-electron chi connectivity index (χ1n) is 11.1. The lowest BCUT2D eigenvalue weighted by Crippen LogP contribution is -2.44. The van der Waals surface area contributed by atoms with Crippen LogP contribution < -0.4 is 0 Å². The summed E-state index contributed by atoms with van der Waals surface area (Å²) in [5, 5.41) is 9.90. The van der Waals surface area contributed by atoms with E-state index in [9.17, 15) is 5.11 Å². The third-order valence-electron chi connectivity index (χ3n) is 6.53. The average molecular weight is 401 g/mol. The summed E-state index contributed by atoms with van der Waals surface area (Å²) in [6.45, 7) is 11.7. The van der Waals surface area contributed by atoms with Crippen LogP contribution in [-0.4, -0.2) is 60.9 Å². The van der Waals surface area contributed by atoms with Crippen molar-refractivity contribution in [1.82, 2.24) is 0 Å². The summed E-state index contributed by atoms with van der Waals surface area (Å²) >= 11 is 0. The molecule has 2 heterocycles. The van der Waals surface area contributed by atoms with Crippen molar-refractivity contribution in [3.63, 3.8) is 0 Å². The predicted octanol–water partition coefficient (Wildman–Crippen LogP) is 3.64. The standard InChI is InChI=1S/C22H40O6/c1-6-16(7-9-21(3,4)23)12-24-15(2)27-18-13-25-20(26-14-18)17-8-10-22(5)19(11-17)28-22/h15-20,23H,6-14H2,1-5H3. The smallest absolute Gasteiger partial charge is 0.160 e. The van der Waals surface area contributed by atoms with Crippen LogP contribution in [0.5, 0.6) is 0 Å². The van der Waals surface area contributed by atoms with Gasteiger partial charge in [-0.1, -0.05) is 13.3 Å². The van der Waals surface area contributed by atoms with Crippen molar-refractivity contribution in [2.24, 2.45) is 11.8 Å². The lowest BCUT2D eigenvalue weighted by atomic mass is 9.82. The maximum Gasteiger partial charge on any atom is 0.160 e. The summed E-state index contributed by atoms with van der Waals surface area (Å²) in [5.41, 5.74) is -0.488. The molecule has 0 amide bonds. The van der Waals surface area contributed by atoms with Crippen molar-refractivity contribution < 1.29 is 28.8 Å². The second-order valence-electron chi connectivity index (χ2n) is 9.77. The SMILES string of the molecule is CCC(CCC(C)(C)O)COC(C)OC1COC(C2CCC3(C)OC3C2)OC1. The molecular weight excluding hydrogens is 360 g/mol. The van der Waals surface area contributed by atoms with Gasteiger partial charge in [-0.15, -0.1) is 0 Å². The normalized spacial score (nSPS) is 37.9. The molecule has 0 radical (unpaired) electrons. The van der Waals surface area contributed by atoms with Crippen molar-refractivity contribution in [2.75, 3.05) is 19.8 Å². The first-order chi connectivity index (χ1) is 13.2. The highest BCUT2D eigenvalue weighted by Gasteiger charge is 2.56. The van der Waals surface area contributed by atoms with Gasteiger partial charge in [0.15, 0.2) is 12.6 Å². The van der Waals surface area contributed by atoms with Crippen LogP contribution in [0.1, 0.15) is 73.1 Å². The first kappa shape index (κ1) is 22.4. The van der Waals surface area contributed by atoms with E-state index in [-0.39, 0.29) is 24.3 Å². The van der Waals surface area contributed by atoms with Crippen LogP contribution in [0, 0.1) is 11.8 Å². The van der Waals surface area contributed by atoms with Crippen LogP contribution in [-0.2, 0) is 23.7 Å². The van der Waals surface area contributed by atoms with Gasteiger partial charge < -0.3 is 28.8 Å². The minimum atomic E-state index is -0.620. The van der Waals surface area contributed by atoms with Gasteiger partial charge in [-0.25, -0.2) is 0 Å². The molecule has 0 aromatic heterocycles. The van der Waals surface area contributed by atoms with Gasteiger partial charge in [0, 0.05) is 5.92 Å². The van der Waals surface area contributed by atoms with Gasteiger partial charge in [0.05, 0.1) is 37.1 Å². The molecular formula is C22H40O6. The molecule has 164 valence electrons. The van der Waals surface area contributed by atoms with Gasteiger partial charge >= 0.3 is 0 Å². The number of ether oxygens (including phenoxy) is 5. The molecule has 1 aliphatic carbocycles. The summed E-state index contributed by atoms with van der Waals surface area (Å²) in [6, 6.07) is 0. The quantitative estimate of drug-likeness (QED) is 0.446. The molecule has 0 aromatic carbocycles. The number of epoxide rings is 1. The Bertz CT molecular complexity index is 484. The van der Waals surface area contributed by atoms with Gasteiger partial charge in [-0.2, -0.15) is 0 Å². The van der Waals surface area contributed by atoms with E-state index in [1.54, 1.807) is 0 Å². The molecule has 3 rings (SSSR count). The Morgan fingerprint density at radius 1 is 1.25 bits per heavy atom.